The first kappa shape index (κ1) is 12.5. The molecule has 1 aromatic rings. The lowest BCUT2D eigenvalue weighted by Crippen LogP contribution is -2.11. The summed E-state index contributed by atoms with van der Waals surface area (Å²) < 4.78 is 0. The van der Waals surface area contributed by atoms with Gasteiger partial charge in [-0.1, -0.05) is 6.07 Å². The van der Waals surface area contributed by atoms with Crippen molar-refractivity contribution in [2.24, 2.45) is 0 Å². The van der Waals surface area contributed by atoms with Crippen LogP contribution in [0.4, 0.5) is 5.69 Å². The van der Waals surface area contributed by atoms with E-state index in [9.17, 15) is 9.90 Å². The topological polar surface area (TPSA) is 69.6 Å². The molecule has 0 radical (unpaired) electrons. The molecule has 16 heavy (non-hydrogen) atoms. The predicted molar refractivity (Wildman–Crippen MR) is 62.4 cm³/mol. The number of hydrogen-bond donors (Lipinski definition) is 3. The van der Waals surface area contributed by atoms with Crippen LogP contribution in [0.25, 0.3) is 0 Å². The molecule has 0 spiro atoms. The van der Waals surface area contributed by atoms with Crippen LogP contribution < -0.4 is 5.32 Å². The number of carbonyl (C=O) groups excluding carboxylic acids is 1. The highest BCUT2D eigenvalue weighted by Gasteiger charge is 2.03. The maximum absolute atomic E-state index is 11.4. The second-order valence-electron chi connectivity index (χ2n) is 3.73. The number of unbranched alkanes of at least 4 members (excludes halogenated alkanes) is 1. The minimum absolute atomic E-state index is 0.100. The lowest BCUT2D eigenvalue weighted by molar-refractivity contribution is -0.116. The Morgan fingerprint density at radius 3 is 2.75 bits per heavy atom. The molecular formula is C12H17NO3. The Balaban J connectivity index is 2.46. The maximum Gasteiger partial charge on any atom is 0.224 e. The summed E-state index contributed by atoms with van der Waals surface area (Å²) in [5, 5.41) is 20.7. The van der Waals surface area contributed by atoms with Gasteiger partial charge < -0.3 is 15.5 Å². The molecule has 4 nitrogen and oxygen atoms in total. The largest absolute Gasteiger partial charge is 0.508 e. The summed E-state index contributed by atoms with van der Waals surface area (Å²) in [6.45, 7) is 1.90. The van der Waals surface area contributed by atoms with Crippen molar-refractivity contribution in [2.45, 2.75) is 26.2 Å². The summed E-state index contributed by atoms with van der Waals surface area (Å²) in [5.41, 5.74) is 1.37. The normalized spacial score (nSPS) is 10.1. The Bertz CT molecular complexity index is 363. The van der Waals surface area contributed by atoms with Crippen LogP contribution >= 0.6 is 0 Å². The Morgan fingerprint density at radius 1 is 1.38 bits per heavy atom. The highest BCUT2D eigenvalue weighted by atomic mass is 16.3. The van der Waals surface area contributed by atoms with Crippen molar-refractivity contribution in [3.05, 3.63) is 23.8 Å². The summed E-state index contributed by atoms with van der Waals surface area (Å²) in [5.74, 6) is 0.0739. The van der Waals surface area contributed by atoms with Crippen molar-refractivity contribution < 1.29 is 15.0 Å². The summed E-state index contributed by atoms with van der Waals surface area (Å²) in [7, 11) is 0. The third-order valence-corrected chi connectivity index (χ3v) is 2.30. The molecule has 0 saturated carbocycles. The molecule has 0 aliphatic carbocycles. The van der Waals surface area contributed by atoms with Gasteiger partial charge in [0.05, 0.1) is 0 Å². The van der Waals surface area contributed by atoms with E-state index in [4.69, 9.17) is 5.11 Å². The molecule has 0 aliphatic heterocycles. The molecule has 0 saturated heterocycles. The fourth-order valence-corrected chi connectivity index (χ4v) is 1.31. The number of nitrogens with one attached hydrogen (secondary N) is 1. The van der Waals surface area contributed by atoms with Crippen LogP contribution in [0.2, 0.25) is 0 Å². The van der Waals surface area contributed by atoms with E-state index in [0.29, 0.717) is 24.9 Å². The van der Waals surface area contributed by atoms with Gasteiger partial charge in [-0.15, -0.1) is 0 Å². The van der Waals surface area contributed by atoms with E-state index in [1.54, 1.807) is 19.1 Å². The summed E-state index contributed by atoms with van der Waals surface area (Å²) >= 11 is 0. The van der Waals surface area contributed by atoms with E-state index in [-0.39, 0.29) is 18.3 Å². The molecule has 0 heterocycles. The van der Waals surface area contributed by atoms with E-state index in [1.165, 1.54) is 6.07 Å². The molecule has 1 rings (SSSR count). The number of aromatic hydroxyl groups is 1. The number of aliphatic hydroxyl groups excluding tert-OH is 1. The van der Waals surface area contributed by atoms with Gasteiger partial charge in [-0.25, -0.2) is 0 Å². The van der Waals surface area contributed by atoms with Gasteiger partial charge in [0.1, 0.15) is 5.75 Å². The SMILES string of the molecule is Cc1ccc(NC(=O)CCCCO)cc1O. The second kappa shape index (κ2) is 6.12. The fourth-order valence-electron chi connectivity index (χ4n) is 1.31. The Morgan fingerprint density at radius 2 is 2.12 bits per heavy atom. The van der Waals surface area contributed by atoms with Gasteiger partial charge in [-0.2, -0.15) is 0 Å². The molecule has 4 heteroatoms. The zero-order valence-corrected chi connectivity index (χ0v) is 9.36. The van der Waals surface area contributed by atoms with Gasteiger partial charge in [0.25, 0.3) is 0 Å². The van der Waals surface area contributed by atoms with Crippen molar-refractivity contribution in [1.82, 2.24) is 0 Å². The summed E-state index contributed by atoms with van der Waals surface area (Å²) in [6, 6.07) is 5.02. The van der Waals surface area contributed by atoms with Crippen LogP contribution in [-0.2, 0) is 4.79 Å². The zero-order chi connectivity index (χ0) is 12.0. The van der Waals surface area contributed by atoms with Gasteiger partial charge >= 0.3 is 0 Å². The van der Waals surface area contributed by atoms with E-state index in [0.717, 1.165) is 5.56 Å². The Hall–Kier alpha value is -1.55. The number of amides is 1. The summed E-state index contributed by atoms with van der Waals surface area (Å²) in [6.07, 6.45) is 1.68. The lowest BCUT2D eigenvalue weighted by atomic mass is 10.2. The first-order valence-corrected chi connectivity index (χ1v) is 5.34. The first-order valence-electron chi connectivity index (χ1n) is 5.34. The number of anilines is 1. The monoisotopic (exact) mass is 223 g/mol. The van der Waals surface area contributed by atoms with Crippen molar-refractivity contribution in [3.63, 3.8) is 0 Å². The van der Waals surface area contributed by atoms with E-state index >= 15 is 0 Å². The van der Waals surface area contributed by atoms with Crippen molar-refractivity contribution >= 4 is 11.6 Å². The zero-order valence-electron chi connectivity index (χ0n) is 9.36. The molecule has 1 aromatic carbocycles. The molecule has 0 atom stereocenters. The number of hydrogen-bond acceptors (Lipinski definition) is 3. The standard InChI is InChI=1S/C12H17NO3/c1-9-5-6-10(8-11(9)15)13-12(16)4-2-3-7-14/h5-6,8,14-15H,2-4,7H2,1H3,(H,13,16). The Labute approximate surface area is 94.9 Å². The van der Waals surface area contributed by atoms with E-state index in [2.05, 4.69) is 5.32 Å². The number of carbonyl (C=O) groups is 1. The quantitative estimate of drug-likeness (QED) is 0.667. The number of phenolic OH excluding ortho intramolecular Hbond substituents is 1. The third-order valence-electron chi connectivity index (χ3n) is 2.30. The van der Waals surface area contributed by atoms with Crippen LogP contribution in [0.1, 0.15) is 24.8 Å². The van der Waals surface area contributed by atoms with Crippen LogP contribution in [0.15, 0.2) is 18.2 Å². The number of phenols is 1. The molecular weight excluding hydrogens is 206 g/mol. The van der Waals surface area contributed by atoms with Gasteiger partial charge in [0, 0.05) is 24.8 Å². The van der Waals surface area contributed by atoms with Gasteiger partial charge in [0.15, 0.2) is 0 Å². The van der Waals surface area contributed by atoms with Crippen LogP contribution in [0.3, 0.4) is 0 Å². The minimum atomic E-state index is -0.100. The molecule has 0 unspecified atom stereocenters. The maximum atomic E-state index is 11.4. The number of rotatable bonds is 5. The fraction of sp³-hybridized carbons (Fsp3) is 0.417. The number of aryl methyl sites for hydroxylation is 1. The number of benzene rings is 1. The average molecular weight is 223 g/mol. The Kier molecular flexibility index (Phi) is 4.79. The molecule has 0 bridgehead atoms. The molecule has 0 fully saturated rings. The van der Waals surface area contributed by atoms with Gasteiger partial charge in [0.2, 0.25) is 5.91 Å². The molecule has 3 N–H and O–H groups in total. The van der Waals surface area contributed by atoms with E-state index in [1.807, 2.05) is 0 Å². The van der Waals surface area contributed by atoms with Crippen LogP contribution in [0.5, 0.6) is 5.75 Å². The number of aliphatic hydroxyl groups is 1. The first-order chi connectivity index (χ1) is 7.63. The smallest absolute Gasteiger partial charge is 0.224 e. The van der Waals surface area contributed by atoms with Crippen molar-refractivity contribution in [3.8, 4) is 5.75 Å². The molecule has 88 valence electrons. The van der Waals surface area contributed by atoms with Crippen LogP contribution in [-0.4, -0.2) is 22.7 Å². The van der Waals surface area contributed by atoms with Crippen molar-refractivity contribution in [1.29, 1.82) is 0 Å². The average Bonchev–Trinajstić information content (AvgIpc) is 2.24. The van der Waals surface area contributed by atoms with Crippen molar-refractivity contribution in [2.75, 3.05) is 11.9 Å². The lowest BCUT2D eigenvalue weighted by Gasteiger charge is -2.06. The van der Waals surface area contributed by atoms with E-state index < -0.39 is 0 Å². The highest BCUT2D eigenvalue weighted by molar-refractivity contribution is 5.90. The summed E-state index contributed by atoms with van der Waals surface area (Å²) in [4.78, 5) is 11.4. The molecule has 1 amide bonds. The van der Waals surface area contributed by atoms with Gasteiger partial charge in [-0.05, 0) is 31.4 Å². The van der Waals surface area contributed by atoms with Gasteiger partial charge in [-0.3, -0.25) is 4.79 Å². The third kappa shape index (κ3) is 3.90. The highest BCUT2D eigenvalue weighted by Crippen LogP contribution is 2.20. The van der Waals surface area contributed by atoms with Crippen LogP contribution in [0, 0.1) is 6.92 Å². The second-order valence-corrected chi connectivity index (χ2v) is 3.73. The molecule has 0 aromatic heterocycles. The molecule has 0 aliphatic rings. The minimum Gasteiger partial charge on any atom is -0.508 e. The predicted octanol–water partition coefficient (Wildman–Crippen LogP) is 1.80.